The zero-order chi connectivity index (χ0) is 18.3. The molecule has 3 N–H and O–H groups in total. The Kier molecular flexibility index (Phi) is 3.61. The van der Waals surface area contributed by atoms with Crippen LogP contribution in [0.4, 0.5) is 4.39 Å². The highest BCUT2D eigenvalue weighted by atomic mass is 19.1. The number of pyridine rings is 1. The summed E-state index contributed by atoms with van der Waals surface area (Å²) in [7, 11) is 0. The molecule has 6 heteroatoms. The molecule has 0 saturated heterocycles. The molecule has 1 aromatic carbocycles. The average molecular weight is 348 g/mol. The average Bonchev–Trinajstić information content (AvgIpc) is 3.10. The van der Waals surface area contributed by atoms with Gasteiger partial charge in [0.25, 0.3) is 0 Å². The van der Waals surface area contributed by atoms with Crippen molar-refractivity contribution in [2.45, 2.75) is 12.5 Å². The van der Waals surface area contributed by atoms with E-state index < -0.39 is 17.3 Å². The summed E-state index contributed by atoms with van der Waals surface area (Å²) in [5.41, 5.74) is 7.62. The molecular weight excluding hydrogens is 331 g/mol. The number of benzene rings is 1. The summed E-state index contributed by atoms with van der Waals surface area (Å²) in [6, 6.07) is 10.1. The second-order valence-electron chi connectivity index (χ2n) is 6.34. The monoisotopic (exact) mass is 348 g/mol. The number of halogens is 1. The van der Waals surface area contributed by atoms with E-state index in [2.05, 4.69) is 10.3 Å². The summed E-state index contributed by atoms with van der Waals surface area (Å²) in [5.74, 6) is -1.01. The minimum atomic E-state index is -1.09. The molecule has 130 valence electrons. The largest absolute Gasteiger partial charge is 0.377 e. The van der Waals surface area contributed by atoms with Crippen LogP contribution in [0.2, 0.25) is 0 Å². The van der Waals surface area contributed by atoms with Crippen molar-refractivity contribution in [1.29, 1.82) is 0 Å². The molecule has 1 aliphatic heterocycles. The van der Waals surface area contributed by atoms with E-state index in [9.17, 15) is 9.18 Å². The lowest BCUT2D eigenvalue weighted by atomic mass is 9.78. The van der Waals surface area contributed by atoms with Gasteiger partial charge in [0.05, 0.1) is 29.2 Å². The lowest BCUT2D eigenvalue weighted by Gasteiger charge is -2.36. The third-order valence-corrected chi connectivity index (χ3v) is 4.79. The van der Waals surface area contributed by atoms with Crippen molar-refractivity contribution >= 4 is 17.0 Å². The number of aromatic nitrogens is 2. The number of fused-ring (bicyclic) bond motifs is 1. The minimum absolute atomic E-state index is 0.305. The zero-order valence-electron chi connectivity index (χ0n) is 14.1. The van der Waals surface area contributed by atoms with Crippen LogP contribution >= 0.6 is 0 Å². The van der Waals surface area contributed by atoms with Crippen LogP contribution in [-0.2, 0) is 10.3 Å². The van der Waals surface area contributed by atoms with Gasteiger partial charge in [-0.25, -0.2) is 9.37 Å². The van der Waals surface area contributed by atoms with Crippen LogP contribution < -0.4 is 11.1 Å². The highest BCUT2D eigenvalue weighted by Gasteiger charge is 2.39. The number of amides is 1. The Hall–Kier alpha value is -3.41. The highest BCUT2D eigenvalue weighted by Crippen LogP contribution is 2.39. The van der Waals surface area contributed by atoms with Gasteiger partial charge in [-0.05, 0) is 36.9 Å². The molecule has 1 amide bonds. The summed E-state index contributed by atoms with van der Waals surface area (Å²) < 4.78 is 16.4. The van der Waals surface area contributed by atoms with Crippen LogP contribution in [0.15, 0.2) is 73.0 Å². The van der Waals surface area contributed by atoms with Crippen molar-refractivity contribution in [1.82, 2.24) is 14.7 Å². The second kappa shape index (κ2) is 5.84. The Morgan fingerprint density at radius 3 is 2.85 bits per heavy atom. The maximum atomic E-state index is 14.5. The highest BCUT2D eigenvalue weighted by molar-refractivity contribution is 6.06. The van der Waals surface area contributed by atoms with Gasteiger partial charge in [-0.2, -0.15) is 0 Å². The van der Waals surface area contributed by atoms with Crippen LogP contribution in [0.3, 0.4) is 0 Å². The number of carbonyl (C=O) groups is 1. The standard InChI is InChI=1S/C20H17FN4O/c1-20(15-6-2-3-7-16(15)21)18(19(22)26)14(8-9-24-20)13-5-4-10-25-12-23-11-17(13)25/h2-12,24H,1H3,(H2,22,26). The Morgan fingerprint density at radius 1 is 1.27 bits per heavy atom. The number of nitrogens with one attached hydrogen (secondary N) is 1. The third-order valence-electron chi connectivity index (χ3n) is 4.79. The SMILES string of the molecule is CC1(c2ccccc2F)NC=CC(c2cccn3cncc23)=C1C(N)=O. The van der Waals surface area contributed by atoms with Gasteiger partial charge in [0.1, 0.15) is 5.82 Å². The molecule has 5 nitrogen and oxygen atoms in total. The number of imidazole rings is 1. The molecule has 2 aromatic heterocycles. The summed E-state index contributed by atoms with van der Waals surface area (Å²) >= 11 is 0. The first-order valence-electron chi connectivity index (χ1n) is 8.17. The van der Waals surface area contributed by atoms with Gasteiger partial charge < -0.3 is 15.5 Å². The molecule has 0 aliphatic carbocycles. The minimum Gasteiger partial charge on any atom is -0.377 e. The van der Waals surface area contributed by atoms with E-state index in [4.69, 9.17) is 5.73 Å². The molecule has 4 rings (SSSR count). The number of carbonyl (C=O) groups excluding carboxylic acids is 1. The maximum absolute atomic E-state index is 14.5. The van der Waals surface area contributed by atoms with Crippen molar-refractivity contribution in [3.63, 3.8) is 0 Å². The number of dihydropyridines is 1. The number of hydrogen-bond acceptors (Lipinski definition) is 3. The molecular formula is C20H17FN4O. The predicted molar refractivity (Wildman–Crippen MR) is 97.3 cm³/mol. The van der Waals surface area contributed by atoms with Gasteiger partial charge >= 0.3 is 0 Å². The van der Waals surface area contributed by atoms with E-state index in [0.29, 0.717) is 16.7 Å². The normalized spacial score (nSPS) is 19.6. The van der Waals surface area contributed by atoms with E-state index >= 15 is 0 Å². The van der Waals surface area contributed by atoms with E-state index in [0.717, 1.165) is 11.1 Å². The molecule has 0 saturated carbocycles. The summed E-state index contributed by atoms with van der Waals surface area (Å²) in [6.45, 7) is 1.76. The number of rotatable bonds is 3. The molecule has 0 radical (unpaired) electrons. The molecule has 3 aromatic rings. The van der Waals surface area contributed by atoms with Crippen LogP contribution in [0.25, 0.3) is 11.1 Å². The van der Waals surface area contributed by atoms with Crippen LogP contribution in [0, 0.1) is 5.82 Å². The number of primary amides is 1. The number of hydrogen-bond donors (Lipinski definition) is 2. The summed E-state index contributed by atoms with van der Waals surface area (Å²) in [5, 5.41) is 3.12. The molecule has 26 heavy (non-hydrogen) atoms. The number of nitrogens with zero attached hydrogens (tertiary/aromatic N) is 2. The Morgan fingerprint density at radius 2 is 2.08 bits per heavy atom. The van der Waals surface area contributed by atoms with Gasteiger partial charge in [-0.15, -0.1) is 0 Å². The maximum Gasteiger partial charge on any atom is 0.247 e. The van der Waals surface area contributed by atoms with Gasteiger partial charge in [0.15, 0.2) is 0 Å². The quantitative estimate of drug-likeness (QED) is 0.764. The Balaban J connectivity index is 2.03. The van der Waals surface area contributed by atoms with Crippen LogP contribution in [-0.4, -0.2) is 15.3 Å². The topological polar surface area (TPSA) is 72.4 Å². The van der Waals surface area contributed by atoms with Crippen LogP contribution in [0.1, 0.15) is 18.1 Å². The van der Waals surface area contributed by atoms with Crippen molar-refractivity contribution in [2.24, 2.45) is 5.73 Å². The van der Waals surface area contributed by atoms with Gasteiger partial charge in [0.2, 0.25) is 5.91 Å². The zero-order valence-corrected chi connectivity index (χ0v) is 14.1. The van der Waals surface area contributed by atoms with Crippen LogP contribution in [0.5, 0.6) is 0 Å². The Bertz CT molecular complexity index is 1080. The fourth-order valence-corrected chi connectivity index (χ4v) is 3.58. The molecule has 1 unspecified atom stereocenters. The fraction of sp³-hybridized carbons (Fsp3) is 0.100. The molecule has 3 heterocycles. The molecule has 1 aliphatic rings. The van der Waals surface area contributed by atoms with Crippen molar-refractivity contribution in [2.75, 3.05) is 0 Å². The van der Waals surface area contributed by atoms with E-state index in [1.807, 2.05) is 22.7 Å². The predicted octanol–water partition coefficient (Wildman–Crippen LogP) is 2.74. The van der Waals surface area contributed by atoms with Gasteiger partial charge in [-0.3, -0.25) is 4.79 Å². The number of allylic oxidation sites excluding steroid dienone is 2. The van der Waals surface area contributed by atoms with E-state index in [1.165, 1.54) is 6.07 Å². The summed E-state index contributed by atoms with van der Waals surface area (Å²) in [4.78, 5) is 16.6. The molecule has 0 fully saturated rings. The number of nitrogens with two attached hydrogens (primary N) is 1. The first-order valence-corrected chi connectivity index (χ1v) is 8.17. The van der Waals surface area contributed by atoms with E-state index in [1.54, 1.807) is 49.9 Å². The lowest BCUT2D eigenvalue weighted by Crippen LogP contribution is -2.45. The second-order valence-corrected chi connectivity index (χ2v) is 6.34. The Labute approximate surface area is 149 Å². The van der Waals surface area contributed by atoms with Crippen molar-refractivity contribution in [3.8, 4) is 0 Å². The molecule has 0 bridgehead atoms. The summed E-state index contributed by atoms with van der Waals surface area (Å²) in [6.07, 6.45) is 8.78. The fourth-order valence-electron chi connectivity index (χ4n) is 3.58. The first kappa shape index (κ1) is 16.1. The third kappa shape index (κ3) is 2.30. The lowest BCUT2D eigenvalue weighted by molar-refractivity contribution is -0.115. The van der Waals surface area contributed by atoms with E-state index in [-0.39, 0.29) is 0 Å². The first-order chi connectivity index (χ1) is 12.5. The molecule has 0 spiro atoms. The van der Waals surface area contributed by atoms with Crippen molar-refractivity contribution in [3.05, 3.63) is 89.9 Å². The smallest absolute Gasteiger partial charge is 0.247 e. The van der Waals surface area contributed by atoms with Gasteiger partial charge in [-0.1, -0.05) is 24.3 Å². The van der Waals surface area contributed by atoms with Crippen molar-refractivity contribution < 1.29 is 9.18 Å². The van der Waals surface area contributed by atoms with Gasteiger partial charge in [0, 0.05) is 17.3 Å². The molecule has 1 atom stereocenters.